The molecule has 3 rings (SSSR count). The number of aromatic nitrogens is 2. The van der Waals surface area contributed by atoms with Crippen LogP contribution in [0.3, 0.4) is 0 Å². The van der Waals surface area contributed by atoms with E-state index in [2.05, 4.69) is 20.6 Å². The Labute approximate surface area is 136 Å². The molecule has 0 bridgehead atoms. The van der Waals surface area contributed by atoms with E-state index in [0.29, 0.717) is 17.6 Å². The van der Waals surface area contributed by atoms with Crippen LogP contribution in [0.5, 0.6) is 0 Å². The summed E-state index contributed by atoms with van der Waals surface area (Å²) in [5.41, 5.74) is 3.49. The van der Waals surface area contributed by atoms with E-state index in [1.54, 1.807) is 12.4 Å². The van der Waals surface area contributed by atoms with E-state index in [-0.39, 0.29) is 5.91 Å². The van der Waals surface area contributed by atoms with Crippen LogP contribution < -0.4 is 10.6 Å². The summed E-state index contributed by atoms with van der Waals surface area (Å²) in [4.78, 5) is 20.8. The van der Waals surface area contributed by atoms with E-state index in [9.17, 15) is 4.79 Å². The Balaban J connectivity index is 1.65. The highest BCUT2D eigenvalue weighted by atomic mass is 16.1. The average Bonchev–Trinajstić information content (AvgIpc) is 3.04. The molecule has 1 aromatic heterocycles. The molecule has 1 heterocycles. The Morgan fingerprint density at radius 3 is 2.48 bits per heavy atom. The van der Waals surface area contributed by atoms with Crippen molar-refractivity contribution < 1.29 is 4.79 Å². The van der Waals surface area contributed by atoms with E-state index in [1.165, 1.54) is 18.4 Å². The van der Waals surface area contributed by atoms with Crippen LogP contribution in [0.15, 0.2) is 30.6 Å². The van der Waals surface area contributed by atoms with Gasteiger partial charge in [0, 0.05) is 24.1 Å². The largest absolute Gasteiger partial charge is 0.351 e. The van der Waals surface area contributed by atoms with Gasteiger partial charge >= 0.3 is 0 Å². The SMILES string of the molecule is Cc1ccc(NC(=O)c2cnc(NC3CCCC3)nc2)c(C)c1. The van der Waals surface area contributed by atoms with Crippen LogP contribution in [-0.4, -0.2) is 21.9 Å². The molecule has 0 saturated heterocycles. The first-order chi connectivity index (χ1) is 11.1. The molecule has 5 nitrogen and oxygen atoms in total. The third-order valence-corrected chi connectivity index (χ3v) is 4.23. The Kier molecular flexibility index (Phi) is 4.55. The maximum Gasteiger partial charge on any atom is 0.258 e. The van der Waals surface area contributed by atoms with Crippen molar-refractivity contribution in [3.05, 3.63) is 47.3 Å². The van der Waals surface area contributed by atoms with Crippen molar-refractivity contribution in [1.29, 1.82) is 0 Å². The number of nitrogens with one attached hydrogen (secondary N) is 2. The van der Waals surface area contributed by atoms with Gasteiger partial charge in [-0.05, 0) is 38.3 Å². The molecule has 0 aliphatic heterocycles. The summed E-state index contributed by atoms with van der Waals surface area (Å²) in [6.45, 7) is 4.01. The zero-order chi connectivity index (χ0) is 16.2. The lowest BCUT2D eigenvalue weighted by molar-refractivity contribution is 0.102. The number of amides is 1. The van der Waals surface area contributed by atoms with Crippen LogP contribution in [-0.2, 0) is 0 Å². The molecule has 1 fully saturated rings. The number of nitrogens with zero attached hydrogens (tertiary/aromatic N) is 2. The molecule has 1 aromatic carbocycles. The van der Waals surface area contributed by atoms with Crippen LogP contribution in [0.4, 0.5) is 11.6 Å². The fraction of sp³-hybridized carbons (Fsp3) is 0.389. The molecule has 0 spiro atoms. The van der Waals surface area contributed by atoms with Crippen LogP contribution in [0.2, 0.25) is 0 Å². The van der Waals surface area contributed by atoms with E-state index in [1.807, 2.05) is 32.0 Å². The van der Waals surface area contributed by atoms with Crippen LogP contribution in [0.1, 0.15) is 47.2 Å². The van der Waals surface area contributed by atoms with Crippen LogP contribution in [0.25, 0.3) is 0 Å². The van der Waals surface area contributed by atoms with E-state index < -0.39 is 0 Å². The van der Waals surface area contributed by atoms with E-state index in [0.717, 1.165) is 24.1 Å². The van der Waals surface area contributed by atoms with Crippen molar-refractivity contribution in [3.63, 3.8) is 0 Å². The van der Waals surface area contributed by atoms with E-state index >= 15 is 0 Å². The maximum atomic E-state index is 12.3. The number of carbonyl (C=O) groups excluding carboxylic acids is 1. The minimum Gasteiger partial charge on any atom is -0.351 e. The first kappa shape index (κ1) is 15.5. The number of rotatable bonds is 4. The van der Waals surface area contributed by atoms with Gasteiger partial charge in [-0.2, -0.15) is 0 Å². The lowest BCUT2D eigenvalue weighted by Gasteiger charge is -2.12. The molecule has 1 aliphatic rings. The lowest BCUT2D eigenvalue weighted by Crippen LogP contribution is -2.18. The fourth-order valence-electron chi connectivity index (χ4n) is 2.92. The zero-order valence-corrected chi connectivity index (χ0v) is 13.6. The highest BCUT2D eigenvalue weighted by molar-refractivity contribution is 6.04. The van der Waals surface area contributed by atoms with Gasteiger partial charge in [-0.25, -0.2) is 9.97 Å². The number of anilines is 2. The Hall–Kier alpha value is -2.43. The number of hydrogen-bond acceptors (Lipinski definition) is 4. The zero-order valence-electron chi connectivity index (χ0n) is 13.6. The Morgan fingerprint density at radius 1 is 1.13 bits per heavy atom. The second-order valence-electron chi connectivity index (χ2n) is 6.19. The third-order valence-electron chi connectivity index (χ3n) is 4.23. The summed E-state index contributed by atoms with van der Waals surface area (Å²) in [6.07, 6.45) is 7.99. The molecule has 0 radical (unpaired) electrons. The normalized spacial score (nSPS) is 14.7. The van der Waals surface area contributed by atoms with Gasteiger partial charge in [0.15, 0.2) is 0 Å². The monoisotopic (exact) mass is 310 g/mol. The summed E-state index contributed by atoms with van der Waals surface area (Å²) in [7, 11) is 0. The molecule has 0 atom stereocenters. The highest BCUT2D eigenvalue weighted by Gasteiger charge is 2.16. The topological polar surface area (TPSA) is 66.9 Å². The minimum atomic E-state index is -0.190. The number of benzene rings is 1. The molecule has 23 heavy (non-hydrogen) atoms. The molecular weight excluding hydrogens is 288 g/mol. The molecular formula is C18H22N4O. The maximum absolute atomic E-state index is 12.3. The molecule has 2 aromatic rings. The smallest absolute Gasteiger partial charge is 0.258 e. The predicted octanol–water partition coefficient (Wildman–Crippen LogP) is 3.70. The summed E-state index contributed by atoms with van der Waals surface area (Å²) >= 11 is 0. The fourth-order valence-corrected chi connectivity index (χ4v) is 2.92. The van der Waals surface area contributed by atoms with Crippen LogP contribution >= 0.6 is 0 Å². The molecule has 1 saturated carbocycles. The van der Waals surface area contributed by atoms with Gasteiger partial charge in [-0.1, -0.05) is 30.5 Å². The lowest BCUT2D eigenvalue weighted by atomic mass is 10.1. The van der Waals surface area contributed by atoms with Gasteiger partial charge in [0.2, 0.25) is 5.95 Å². The van der Waals surface area contributed by atoms with Gasteiger partial charge in [0.1, 0.15) is 0 Å². The molecule has 0 unspecified atom stereocenters. The second kappa shape index (κ2) is 6.77. The Morgan fingerprint density at radius 2 is 1.83 bits per heavy atom. The summed E-state index contributed by atoms with van der Waals surface area (Å²) < 4.78 is 0. The molecule has 1 aliphatic carbocycles. The van der Waals surface area contributed by atoms with Gasteiger partial charge in [0.25, 0.3) is 5.91 Å². The standard InChI is InChI=1S/C18H22N4O/c1-12-7-8-16(13(2)9-12)22-17(23)14-10-19-18(20-11-14)21-15-5-3-4-6-15/h7-11,15H,3-6H2,1-2H3,(H,22,23)(H,19,20,21). The van der Waals surface area contributed by atoms with Gasteiger partial charge in [-0.3, -0.25) is 4.79 Å². The van der Waals surface area contributed by atoms with Gasteiger partial charge in [-0.15, -0.1) is 0 Å². The second-order valence-corrected chi connectivity index (χ2v) is 6.19. The summed E-state index contributed by atoms with van der Waals surface area (Å²) in [6, 6.07) is 6.40. The molecule has 120 valence electrons. The quantitative estimate of drug-likeness (QED) is 0.903. The van der Waals surface area contributed by atoms with Crippen molar-refractivity contribution in [3.8, 4) is 0 Å². The van der Waals surface area contributed by atoms with Gasteiger partial charge < -0.3 is 10.6 Å². The predicted molar refractivity (Wildman–Crippen MR) is 91.8 cm³/mol. The summed E-state index contributed by atoms with van der Waals surface area (Å²) in [5.74, 6) is 0.407. The first-order valence-electron chi connectivity index (χ1n) is 8.09. The Bertz CT molecular complexity index is 691. The highest BCUT2D eigenvalue weighted by Crippen LogP contribution is 2.21. The number of hydrogen-bond donors (Lipinski definition) is 2. The van der Waals surface area contributed by atoms with Crippen molar-refractivity contribution in [2.24, 2.45) is 0 Å². The molecule has 1 amide bonds. The molecule has 5 heteroatoms. The van der Waals surface area contributed by atoms with Crippen LogP contribution in [0, 0.1) is 13.8 Å². The first-order valence-corrected chi connectivity index (χ1v) is 8.09. The van der Waals surface area contributed by atoms with Crippen molar-refractivity contribution in [1.82, 2.24) is 9.97 Å². The van der Waals surface area contributed by atoms with Crippen molar-refractivity contribution in [2.45, 2.75) is 45.6 Å². The van der Waals surface area contributed by atoms with E-state index in [4.69, 9.17) is 0 Å². The summed E-state index contributed by atoms with van der Waals surface area (Å²) in [5, 5.41) is 6.23. The molecule has 2 N–H and O–H groups in total. The number of carbonyl (C=O) groups is 1. The number of aryl methyl sites for hydroxylation is 2. The van der Waals surface area contributed by atoms with Crippen molar-refractivity contribution in [2.75, 3.05) is 10.6 Å². The van der Waals surface area contributed by atoms with Gasteiger partial charge in [0.05, 0.1) is 5.56 Å². The third kappa shape index (κ3) is 3.86. The average molecular weight is 310 g/mol. The minimum absolute atomic E-state index is 0.190. The van der Waals surface area contributed by atoms with Crippen molar-refractivity contribution >= 4 is 17.5 Å².